The normalized spacial score (nSPS) is 14.1. The van der Waals surface area contributed by atoms with Crippen LogP contribution in [-0.2, 0) is 0 Å². The molecule has 4 heteroatoms. The van der Waals surface area contributed by atoms with Crippen LogP contribution in [0.25, 0.3) is 0 Å². The molecule has 0 bridgehead atoms. The molecule has 0 saturated carbocycles. The van der Waals surface area contributed by atoms with Crippen molar-refractivity contribution in [1.29, 1.82) is 0 Å². The number of phenols is 1. The van der Waals surface area contributed by atoms with Gasteiger partial charge in [0.1, 0.15) is 11.6 Å². The molecule has 15 heavy (non-hydrogen) atoms. The van der Waals surface area contributed by atoms with Gasteiger partial charge in [0, 0.05) is 11.6 Å². The smallest absolute Gasteiger partial charge is 0.123 e. The molecule has 0 aliphatic heterocycles. The molecule has 0 saturated heterocycles. The van der Waals surface area contributed by atoms with Crippen LogP contribution in [0.2, 0.25) is 0 Å². The molecule has 2 nitrogen and oxygen atoms in total. The van der Waals surface area contributed by atoms with Crippen molar-refractivity contribution in [2.75, 3.05) is 0 Å². The fourth-order valence-electron chi connectivity index (χ4n) is 1.35. The fourth-order valence-corrected chi connectivity index (χ4v) is 1.35. The number of hydrogen-bond acceptors (Lipinski definition) is 2. The van der Waals surface area contributed by atoms with Crippen LogP contribution in [0.5, 0.6) is 5.75 Å². The predicted octanol–water partition coefficient (Wildman–Crippen LogP) is 3.00. The van der Waals surface area contributed by atoms with Crippen LogP contribution in [-0.4, -0.2) is 5.11 Å². The first-order valence-electron chi connectivity index (χ1n) is 4.80. The monoisotopic (exact) mass is 233 g/mol. The summed E-state index contributed by atoms with van der Waals surface area (Å²) in [4.78, 5) is 0. The number of aromatic hydroxyl groups is 1. The third kappa shape index (κ3) is 3.36. The van der Waals surface area contributed by atoms with Gasteiger partial charge in [-0.15, -0.1) is 12.4 Å². The van der Waals surface area contributed by atoms with Gasteiger partial charge < -0.3 is 10.8 Å². The Labute approximate surface area is 95.7 Å². The van der Waals surface area contributed by atoms with Crippen molar-refractivity contribution in [3.8, 4) is 5.75 Å². The molecular formula is C11H17ClFNO. The molecule has 1 rings (SSSR count). The van der Waals surface area contributed by atoms with E-state index in [1.165, 1.54) is 18.2 Å². The van der Waals surface area contributed by atoms with Gasteiger partial charge in [0.25, 0.3) is 0 Å². The molecule has 1 aromatic rings. The molecule has 0 spiro atoms. The average molecular weight is 234 g/mol. The number of benzene rings is 1. The summed E-state index contributed by atoms with van der Waals surface area (Å²) in [5, 5.41) is 9.50. The third-order valence-corrected chi connectivity index (χ3v) is 2.61. The van der Waals surface area contributed by atoms with Crippen molar-refractivity contribution < 1.29 is 9.50 Å². The van der Waals surface area contributed by atoms with E-state index in [9.17, 15) is 9.50 Å². The molecule has 0 aromatic heterocycles. The number of hydrogen-bond donors (Lipinski definition) is 2. The zero-order valence-electron chi connectivity index (χ0n) is 8.90. The van der Waals surface area contributed by atoms with Crippen LogP contribution < -0.4 is 5.73 Å². The van der Waals surface area contributed by atoms with E-state index in [4.69, 9.17) is 5.73 Å². The maximum absolute atomic E-state index is 12.9. The van der Waals surface area contributed by atoms with E-state index in [0.717, 1.165) is 6.42 Å². The second kappa shape index (κ2) is 5.93. The first-order valence-corrected chi connectivity index (χ1v) is 4.80. The lowest BCUT2D eigenvalue weighted by Crippen LogP contribution is -2.18. The first kappa shape index (κ1) is 14.2. The standard InChI is InChI=1S/C11H16FNO.ClH/c1-3-7(2)11(13)9-6-8(12)4-5-10(9)14;/h4-7,11,14H,3,13H2,1-2H3;1H/t7?,11-;/m0./s1. The van der Waals surface area contributed by atoms with Crippen molar-refractivity contribution in [2.24, 2.45) is 11.7 Å². The molecule has 0 aliphatic carbocycles. The quantitative estimate of drug-likeness (QED) is 0.843. The molecule has 3 N–H and O–H groups in total. The average Bonchev–Trinajstić information content (AvgIpc) is 2.19. The molecule has 0 fully saturated rings. The lowest BCUT2D eigenvalue weighted by Gasteiger charge is -2.19. The Balaban J connectivity index is 0.00000196. The highest BCUT2D eigenvalue weighted by Gasteiger charge is 2.17. The second-order valence-electron chi connectivity index (χ2n) is 3.61. The second-order valence-corrected chi connectivity index (χ2v) is 3.61. The summed E-state index contributed by atoms with van der Waals surface area (Å²) < 4.78 is 12.9. The Kier molecular flexibility index (Phi) is 5.61. The van der Waals surface area contributed by atoms with Crippen LogP contribution >= 0.6 is 12.4 Å². The minimum absolute atomic E-state index is 0. The van der Waals surface area contributed by atoms with E-state index >= 15 is 0 Å². The maximum Gasteiger partial charge on any atom is 0.123 e. The number of rotatable bonds is 3. The molecule has 0 aliphatic rings. The van der Waals surface area contributed by atoms with Crippen LogP contribution in [0, 0.1) is 11.7 Å². The zero-order valence-corrected chi connectivity index (χ0v) is 9.72. The number of phenolic OH excluding ortho intramolecular Hbond substituents is 1. The predicted molar refractivity (Wildman–Crippen MR) is 61.7 cm³/mol. The van der Waals surface area contributed by atoms with Crippen LogP contribution in [0.3, 0.4) is 0 Å². The molecule has 86 valence electrons. The van der Waals surface area contributed by atoms with Crippen LogP contribution in [0.1, 0.15) is 31.9 Å². The molecule has 0 amide bonds. The summed E-state index contributed by atoms with van der Waals surface area (Å²) >= 11 is 0. The summed E-state index contributed by atoms with van der Waals surface area (Å²) in [7, 11) is 0. The molecular weight excluding hydrogens is 217 g/mol. The van der Waals surface area contributed by atoms with Crippen molar-refractivity contribution >= 4 is 12.4 Å². The van der Waals surface area contributed by atoms with E-state index in [-0.39, 0.29) is 35.9 Å². The van der Waals surface area contributed by atoms with Crippen LogP contribution in [0.15, 0.2) is 18.2 Å². The van der Waals surface area contributed by atoms with E-state index in [0.29, 0.717) is 5.56 Å². The molecule has 0 radical (unpaired) electrons. The van der Waals surface area contributed by atoms with Crippen molar-refractivity contribution in [2.45, 2.75) is 26.3 Å². The highest BCUT2D eigenvalue weighted by Crippen LogP contribution is 2.29. The van der Waals surface area contributed by atoms with Gasteiger partial charge in [0.15, 0.2) is 0 Å². The van der Waals surface area contributed by atoms with Gasteiger partial charge in [-0.25, -0.2) is 4.39 Å². The largest absolute Gasteiger partial charge is 0.508 e. The number of nitrogens with two attached hydrogens (primary N) is 1. The Bertz CT molecular complexity index is 319. The lowest BCUT2D eigenvalue weighted by atomic mass is 9.93. The van der Waals surface area contributed by atoms with E-state index in [2.05, 4.69) is 0 Å². The minimum Gasteiger partial charge on any atom is -0.508 e. The Hall–Kier alpha value is -0.800. The summed E-state index contributed by atoms with van der Waals surface area (Å²) in [6.45, 7) is 4.00. The SMILES string of the molecule is CCC(C)[C@H](N)c1cc(F)ccc1O.Cl. The highest BCUT2D eigenvalue weighted by molar-refractivity contribution is 5.85. The Morgan fingerprint density at radius 3 is 2.60 bits per heavy atom. The first-order chi connectivity index (χ1) is 6.56. The van der Waals surface area contributed by atoms with Crippen molar-refractivity contribution in [1.82, 2.24) is 0 Å². The maximum atomic E-state index is 12.9. The van der Waals surface area contributed by atoms with Gasteiger partial charge in [0.2, 0.25) is 0 Å². The van der Waals surface area contributed by atoms with Gasteiger partial charge in [-0.05, 0) is 24.1 Å². The number of halogens is 2. The zero-order chi connectivity index (χ0) is 10.7. The highest BCUT2D eigenvalue weighted by atomic mass is 35.5. The van der Waals surface area contributed by atoms with E-state index in [1.54, 1.807) is 0 Å². The topological polar surface area (TPSA) is 46.2 Å². The van der Waals surface area contributed by atoms with Gasteiger partial charge in [-0.1, -0.05) is 20.3 Å². The van der Waals surface area contributed by atoms with E-state index in [1.807, 2.05) is 13.8 Å². The molecule has 2 atom stereocenters. The Morgan fingerprint density at radius 2 is 2.07 bits per heavy atom. The van der Waals surface area contributed by atoms with Gasteiger partial charge in [-0.3, -0.25) is 0 Å². The van der Waals surface area contributed by atoms with E-state index < -0.39 is 0 Å². The molecule has 0 heterocycles. The van der Waals surface area contributed by atoms with Gasteiger partial charge in [0.05, 0.1) is 0 Å². The molecule has 1 aromatic carbocycles. The van der Waals surface area contributed by atoms with Gasteiger partial charge >= 0.3 is 0 Å². The Morgan fingerprint density at radius 1 is 1.47 bits per heavy atom. The lowest BCUT2D eigenvalue weighted by molar-refractivity contribution is 0.416. The van der Waals surface area contributed by atoms with Gasteiger partial charge in [-0.2, -0.15) is 0 Å². The summed E-state index contributed by atoms with van der Waals surface area (Å²) in [5.74, 6) is -0.0709. The van der Waals surface area contributed by atoms with Crippen molar-refractivity contribution in [3.05, 3.63) is 29.6 Å². The third-order valence-electron chi connectivity index (χ3n) is 2.61. The summed E-state index contributed by atoms with van der Waals surface area (Å²) in [6.07, 6.45) is 0.900. The fraction of sp³-hybridized carbons (Fsp3) is 0.455. The summed E-state index contributed by atoms with van der Waals surface area (Å²) in [6, 6.07) is 3.55. The summed E-state index contributed by atoms with van der Waals surface area (Å²) in [5.41, 5.74) is 6.38. The van der Waals surface area contributed by atoms with Crippen molar-refractivity contribution in [3.63, 3.8) is 0 Å². The van der Waals surface area contributed by atoms with Crippen LogP contribution in [0.4, 0.5) is 4.39 Å². The minimum atomic E-state index is -0.364. The molecule has 1 unspecified atom stereocenters.